The summed E-state index contributed by atoms with van der Waals surface area (Å²) in [5.41, 5.74) is 0. The normalized spacial score (nSPS) is 20.5. The van der Waals surface area contributed by atoms with Gasteiger partial charge in [0.05, 0.1) is 13.3 Å². The van der Waals surface area contributed by atoms with Gasteiger partial charge in [0.15, 0.2) is 5.82 Å². The second-order valence-electron chi connectivity index (χ2n) is 3.74. The number of halogens is 1. The summed E-state index contributed by atoms with van der Waals surface area (Å²) in [6.07, 6.45) is 3.83. The Morgan fingerprint density at radius 2 is 2.50 bits per heavy atom. The molecule has 1 aliphatic heterocycles. The van der Waals surface area contributed by atoms with Crippen LogP contribution in [0.15, 0.2) is 6.20 Å². The van der Waals surface area contributed by atoms with Crippen LogP contribution in [0, 0.1) is 0 Å². The zero-order chi connectivity index (χ0) is 11.4. The molecule has 0 bridgehead atoms. The summed E-state index contributed by atoms with van der Waals surface area (Å²) in [5, 5.41) is 7.14. The minimum Gasteiger partial charge on any atom is -0.467 e. The maximum atomic E-state index is 6.01. The number of methoxy groups -OCH3 is 1. The molecule has 2 heterocycles. The van der Waals surface area contributed by atoms with Gasteiger partial charge in [-0.15, -0.1) is 0 Å². The first-order valence-corrected chi connectivity index (χ1v) is 5.71. The van der Waals surface area contributed by atoms with Crippen LogP contribution >= 0.6 is 11.6 Å². The van der Waals surface area contributed by atoms with E-state index in [0.717, 1.165) is 25.9 Å². The van der Waals surface area contributed by atoms with Crippen LogP contribution in [0.4, 0.5) is 5.82 Å². The monoisotopic (exact) mass is 242 g/mol. The van der Waals surface area contributed by atoms with Crippen LogP contribution in [0.25, 0.3) is 0 Å². The molecule has 1 unspecified atom stereocenters. The summed E-state index contributed by atoms with van der Waals surface area (Å²) < 4.78 is 4.96. The number of hydrogen-bond donors (Lipinski definition) is 2. The predicted octanol–water partition coefficient (Wildman–Crippen LogP) is 1.30. The van der Waals surface area contributed by atoms with Crippen molar-refractivity contribution < 1.29 is 4.74 Å². The van der Waals surface area contributed by atoms with E-state index in [-0.39, 0.29) is 0 Å². The predicted molar refractivity (Wildman–Crippen MR) is 63.1 cm³/mol. The average molecular weight is 243 g/mol. The lowest BCUT2D eigenvalue weighted by atomic mass is 10.1. The number of piperidine rings is 1. The summed E-state index contributed by atoms with van der Waals surface area (Å²) >= 11 is 6.01. The van der Waals surface area contributed by atoms with Crippen LogP contribution in [0.2, 0.25) is 5.02 Å². The van der Waals surface area contributed by atoms with E-state index >= 15 is 0 Å². The number of nitrogens with one attached hydrogen (secondary N) is 2. The highest BCUT2D eigenvalue weighted by molar-refractivity contribution is 6.32. The van der Waals surface area contributed by atoms with Crippen molar-refractivity contribution in [1.82, 2.24) is 15.3 Å². The first kappa shape index (κ1) is 11.4. The second-order valence-corrected chi connectivity index (χ2v) is 4.15. The molecule has 5 nitrogen and oxygen atoms in total. The van der Waals surface area contributed by atoms with Gasteiger partial charge in [0.2, 0.25) is 0 Å². The highest BCUT2D eigenvalue weighted by Gasteiger charge is 2.15. The highest BCUT2D eigenvalue weighted by Crippen LogP contribution is 2.21. The Kier molecular flexibility index (Phi) is 3.79. The fraction of sp³-hybridized carbons (Fsp3) is 0.600. The van der Waals surface area contributed by atoms with Crippen molar-refractivity contribution in [2.45, 2.75) is 18.9 Å². The van der Waals surface area contributed by atoms with Crippen molar-refractivity contribution in [3.8, 4) is 6.01 Å². The fourth-order valence-corrected chi connectivity index (χ4v) is 1.86. The van der Waals surface area contributed by atoms with Gasteiger partial charge in [-0.3, -0.25) is 0 Å². The quantitative estimate of drug-likeness (QED) is 0.837. The molecule has 1 aliphatic rings. The molecule has 1 fully saturated rings. The summed E-state index contributed by atoms with van der Waals surface area (Å²) in [6.45, 7) is 2.02. The summed E-state index contributed by atoms with van der Waals surface area (Å²) in [4.78, 5) is 8.11. The first-order valence-electron chi connectivity index (χ1n) is 5.33. The number of anilines is 1. The van der Waals surface area contributed by atoms with Gasteiger partial charge in [-0.05, 0) is 19.4 Å². The SMILES string of the molecule is COc1ncc(Cl)c(NC2CCCNC2)n1. The second kappa shape index (κ2) is 5.32. The lowest BCUT2D eigenvalue weighted by Gasteiger charge is -2.24. The standard InChI is InChI=1S/C10H15ClN4O/c1-16-10-13-6-8(11)9(15-10)14-7-3-2-4-12-5-7/h6-7,12H,2-5H2,1H3,(H,13,14,15). The number of ether oxygens (including phenoxy) is 1. The summed E-state index contributed by atoms with van der Waals surface area (Å²) in [6, 6.07) is 0.696. The Labute approximate surface area is 99.6 Å². The van der Waals surface area contributed by atoms with Crippen molar-refractivity contribution in [3.05, 3.63) is 11.2 Å². The van der Waals surface area contributed by atoms with Gasteiger partial charge in [0.25, 0.3) is 0 Å². The zero-order valence-electron chi connectivity index (χ0n) is 9.16. The molecule has 1 saturated heterocycles. The molecule has 0 saturated carbocycles. The van der Waals surface area contributed by atoms with E-state index in [0.29, 0.717) is 22.9 Å². The Balaban J connectivity index is 2.06. The first-order chi connectivity index (χ1) is 7.79. The Morgan fingerprint density at radius 1 is 1.62 bits per heavy atom. The van der Waals surface area contributed by atoms with Gasteiger partial charge in [-0.1, -0.05) is 11.6 Å². The van der Waals surface area contributed by atoms with Gasteiger partial charge in [0, 0.05) is 12.6 Å². The number of nitrogens with zero attached hydrogens (tertiary/aromatic N) is 2. The minimum absolute atomic E-state index is 0.329. The Morgan fingerprint density at radius 3 is 3.19 bits per heavy atom. The fourth-order valence-electron chi connectivity index (χ4n) is 1.72. The zero-order valence-corrected chi connectivity index (χ0v) is 9.92. The summed E-state index contributed by atoms with van der Waals surface area (Å²) in [5.74, 6) is 0.641. The lowest BCUT2D eigenvalue weighted by Crippen LogP contribution is -2.38. The van der Waals surface area contributed by atoms with E-state index in [9.17, 15) is 0 Å². The molecule has 0 radical (unpaired) electrons. The van der Waals surface area contributed by atoms with E-state index in [1.54, 1.807) is 6.20 Å². The van der Waals surface area contributed by atoms with E-state index in [2.05, 4.69) is 20.6 Å². The van der Waals surface area contributed by atoms with Crippen LogP contribution < -0.4 is 15.4 Å². The molecule has 0 aliphatic carbocycles. The van der Waals surface area contributed by atoms with Crippen LogP contribution in [0.5, 0.6) is 6.01 Å². The molecule has 2 N–H and O–H groups in total. The van der Waals surface area contributed by atoms with Crippen LogP contribution in [0.1, 0.15) is 12.8 Å². The van der Waals surface area contributed by atoms with Crippen molar-refractivity contribution in [2.24, 2.45) is 0 Å². The third-order valence-corrected chi connectivity index (χ3v) is 2.82. The molecule has 1 atom stereocenters. The lowest BCUT2D eigenvalue weighted by molar-refractivity contribution is 0.380. The molecule has 16 heavy (non-hydrogen) atoms. The summed E-state index contributed by atoms with van der Waals surface area (Å²) in [7, 11) is 1.54. The topological polar surface area (TPSA) is 59.1 Å². The van der Waals surface area contributed by atoms with Crippen LogP contribution in [-0.2, 0) is 0 Å². The molecule has 2 rings (SSSR count). The average Bonchev–Trinajstić information content (AvgIpc) is 2.33. The Hall–Kier alpha value is -1.07. The third kappa shape index (κ3) is 2.74. The van der Waals surface area contributed by atoms with Crippen LogP contribution in [-0.4, -0.2) is 36.2 Å². The van der Waals surface area contributed by atoms with Crippen molar-refractivity contribution in [1.29, 1.82) is 0 Å². The van der Waals surface area contributed by atoms with E-state index in [1.807, 2.05) is 0 Å². The van der Waals surface area contributed by atoms with Gasteiger partial charge in [-0.25, -0.2) is 4.98 Å². The van der Waals surface area contributed by atoms with Crippen molar-refractivity contribution in [3.63, 3.8) is 0 Å². The molecule has 88 valence electrons. The molecular formula is C10H15ClN4O. The number of hydrogen-bond acceptors (Lipinski definition) is 5. The molecular weight excluding hydrogens is 228 g/mol. The maximum absolute atomic E-state index is 6.01. The molecule has 6 heteroatoms. The highest BCUT2D eigenvalue weighted by atomic mass is 35.5. The van der Waals surface area contributed by atoms with E-state index < -0.39 is 0 Å². The smallest absolute Gasteiger partial charge is 0.318 e. The molecule has 1 aromatic rings. The molecule has 0 aromatic carbocycles. The number of rotatable bonds is 3. The van der Waals surface area contributed by atoms with E-state index in [4.69, 9.17) is 16.3 Å². The molecule has 0 amide bonds. The largest absolute Gasteiger partial charge is 0.467 e. The Bertz CT molecular complexity index is 355. The maximum Gasteiger partial charge on any atom is 0.318 e. The van der Waals surface area contributed by atoms with Gasteiger partial charge >= 0.3 is 6.01 Å². The minimum atomic E-state index is 0.329. The van der Waals surface area contributed by atoms with Gasteiger partial charge in [0.1, 0.15) is 5.02 Å². The molecule has 1 aromatic heterocycles. The van der Waals surface area contributed by atoms with Crippen LogP contribution in [0.3, 0.4) is 0 Å². The van der Waals surface area contributed by atoms with E-state index in [1.165, 1.54) is 7.11 Å². The van der Waals surface area contributed by atoms with Crippen molar-refractivity contribution in [2.75, 3.05) is 25.5 Å². The third-order valence-electron chi connectivity index (χ3n) is 2.54. The van der Waals surface area contributed by atoms with Gasteiger partial charge in [-0.2, -0.15) is 4.98 Å². The van der Waals surface area contributed by atoms with Gasteiger partial charge < -0.3 is 15.4 Å². The number of aromatic nitrogens is 2. The molecule has 0 spiro atoms. The van der Waals surface area contributed by atoms with Crippen molar-refractivity contribution >= 4 is 17.4 Å².